The SMILES string of the molecule is CSCC[C@@H](NC(=O)c1cc(C(C)C)nc2onc(C)c12)c1nc2ccccc2[nH]1. The average Bonchev–Trinajstić information content (AvgIpc) is 3.34. The van der Waals surface area contributed by atoms with Gasteiger partial charge in [0.1, 0.15) is 5.82 Å². The first-order valence-corrected chi connectivity index (χ1v) is 11.4. The fourth-order valence-corrected chi connectivity index (χ4v) is 3.95. The molecule has 4 aromatic rings. The molecule has 2 N–H and O–H groups in total. The number of hydrogen-bond donors (Lipinski definition) is 2. The first-order chi connectivity index (χ1) is 14.5. The van der Waals surface area contributed by atoms with Gasteiger partial charge in [-0.15, -0.1) is 0 Å². The van der Waals surface area contributed by atoms with Crippen LogP contribution in [0.4, 0.5) is 0 Å². The Hall–Kier alpha value is -2.87. The van der Waals surface area contributed by atoms with Crippen molar-refractivity contribution in [1.29, 1.82) is 0 Å². The van der Waals surface area contributed by atoms with Crippen molar-refractivity contribution in [1.82, 2.24) is 25.4 Å². The number of amides is 1. The van der Waals surface area contributed by atoms with Crippen molar-refractivity contribution in [2.45, 2.75) is 39.2 Å². The molecule has 3 heterocycles. The van der Waals surface area contributed by atoms with Gasteiger partial charge in [0.05, 0.1) is 33.7 Å². The zero-order chi connectivity index (χ0) is 21.3. The van der Waals surface area contributed by atoms with E-state index in [1.807, 2.05) is 51.1 Å². The second-order valence-corrected chi connectivity index (χ2v) is 8.63. The third-order valence-corrected chi connectivity index (χ3v) is 5.77. The molecule has 4 rings (SSSR count). The number of pyridine rings is 1. The van der Waals surface area contributed by atoms with E-state index in [2.05, 4.69) is 26.7 Å². The maximum atomic E-state index is 13.4. The summed E-state index contributed by atoms with van der Waals surface area (Å²) in [7, 11) is 0. The molecule has 1 atom stereocenters. The molecule has 3 aromatic heterocycles. The van der Waals surface area contributed by atoms with Crippen LogP contribution in [0.15, 0.2) is 34.9 Å². The molecular weight excluding hydrogens is 398 g/mol. The summed E-state index contributed by atoms with van der Waals surface area (Å²) in [5.41, 5.74) is 4.23. The van der Waals surface area contributed by atoms with E-state index in [1.165, 1.54) is 0 Å². The number of benzene rings is 1. The van der Waals surface area contributed by atoms with Gasteiger partial charge in [0.2, 0.25) is 0 Å². The fourth-order valence-electron chi connectivity index (χ4n) is 3.48. The molecule has 0 spiro atoms. The molecule has 0 aliphatic carbocycles. The summed E-state index contributed by atoms with van der Waals surface area (Å²) in [5.74, 6) is 1.64. The van der Waals surface area contributed by atoms with E-state index in [1.54, 1.807) is 11.8 Å². The molecule has 30 heavy (non-hydrogen) atoms. The quantitative estimate of drug-likeness (QED) is 0.445. The molecule has 0 aliphatic heterocycles. The minimum atomic E-state index is -0.233. The standard InChI is InChI=1S/C22H25N5O2S/c1-12(2)18-11-14(19-13(3)27-29-22(19)26-18)21(28)25-17(9-10-30-4)20-23-15-7-5-6-8-16(15)24-20/h5-8,11-12,17H,9-10H2,1-4H3,(H,23,24)(H,25,28)/t17-/m1/s1. The number of thioether (sulfide) groups is 1. The van der Waals surface area contributed by atoms with E-state index >= 15 is 0 Å². The number of carbonyl (C=O) groups is 1. The lowest BCUT2D eigenvalue weighted by Crippen LogP contribution is -2.30. The Morgan fingerprint density at radius 2 is 2.07 bits per heavy atom. The Balaban J connectivity index is 1.71. The number of imidazole rings is 1. The smallest absolute Gasteiger partial charge is 0.259 e. The summed E-state index contributed by atoms with van der Waals surface area (Å²) in [6, 6.07) is 9.49. The molecule has 0 radical (unpaired) electrons. The Morgan fingerprint density at radius 3 is 2.80 bits per heavy atom. The number of aryl methyl sites for hydroxylation is 1. The van der Waals surface area contributed by atoms with Crippen molar-refractivity contribution in [3.05, 3.63) is 53.1 Å². The molecule has 7 nitrogen and oxygen atoms in total. The topological polar surface area (TPSA) is 96.7 Å². The third-order valence-electron chi connectivity index (χ3n) is 5.13. The minimum absolute atomic E-state index is 0.161. The van der Waals surface area contributed by atoms with E-state index in [4.69, 9.17) is 9.51 Å². The van der Waals surface area contributed by atoms with Crippen molar-refractivity contribution >= 4 is 39.8 Å². The molecule has 0 aliphatic rings. The van der Waals surface area contributed by atoms with Crippen molar-refractivity contribution < 1.29 is 9.32 Å². The highest BCUT2D eigenvalue weighted by molar-refractivity contribution is 7.98. The van der Waals surface area contributed by atoms with Gasteiger partial charge in [-0.05, 0) is 49.5 Å². The van der Waals surface area contributed by atoms with Gasteiger partial charge < -0.3 is 14.8 Å². The van der Waals surface area contributed by atoms with Crippen LogP contribution in [0.1, 0.15) is 59.8 Å². The van der Waals surface area contributed by atoms with Gasteiger partial charge in [0.15, 0.2) is 0 Å². The lowest BCUT2D eigenvalue weighted by molar-refractivity contribution is 0.0935. The summed E-state index contributed by atoms with van der Waals surface area (Å²) < 4.78 is 5.36. The van der Waals surface area contributed by atoms with Gasteiger partial charge in [0, 0.05) is 5.69 Å². The highest BCUT2D eigenvalue weighted by atomic mass is 32.2. The monoisotopic (exact) mass is 423 g/mol. The Labute approximate surface area is 179 Å². The number of rotatable bonds is 7. The number of carbonyl (C=O) groups excluding carboxylic acids is 1. The van der Waals surface area contributed by atoms with Crippen molar-refractivity contribution in [3.8, 4) is 0 Å². The molecule has 0 saturated carbocycles. The average molecular weight is 424 g/mol. The minimum Gasteiger partial charge on any atom is -0.342 e. The van der Waals surface area contributed by atoms with Crippen LogP contribution in [0.25, 0.3) is 22.1 Å². The van der Waals surface area contributed by atoms with Gasteiger partial charge in [-0.25, -0.2) is 9.97 Å². The van der Waals surface area contributed by atoms with Crippen LogP contribution >= 0.6 is 11.8 Å². The van der Waals surface area contributed by atoms with Crippen LogP contribution in [0.3, 0.4) is 0 Å². The van der Waals surface area contributed by atoms with Crippen molar-refractivity contribution in [2.75, 3.05) is 12.0 Å². The Bertz CT molecular complexity index is 1160. The molecule has 8 heteroatoms. The molecule has 1 amide bonds. The predicted octanol–water partition coefficient (Wildman–Crippen LogP) is 4.76. The zero-order valence-electron chi connectivity index (χ0n) is 17.5. The Kier molecular flexibility index (Phi) is 5.76. The maximum absolute atomic E-state index is 13.4. The third kappa shape index (κ3) is 3.92. The van der Waals surface area contributed by atoms with Crippen molar-refractivity contribution in [3.63, 3.8) is 0 Å². The highest BCUT2D eigenvalue weighted by Crippen LogP contribution is 2.27. The largest absolute Gasteiger partial charge is 0.342 e. The number of hydrogen-bond acceptors (Lipinski definition) is 6. The van der Waals surface area contributed by atoms with Crippen LogP contribution < -0.4 is 5.32 Å². The van der Waals surface area contributed by atoms with E-state index in [-0.39, 0.29) is 17.9 Å². The van der Waals surface area contributed by atoms with Crippen molar-refractivity contribution in [2.24, 2.45) is 0 Å². The number of H-pyrrole nitrogens is 1. The first kappa shape index (κ1) is 20.4. The first-order valence-electron chi connectivity index (χ1n) is 9.99. The molecule has 156 valence electrons. The zero-order valence-corrected chi connectivity index (χ0v) is 18.3. The molecule has 0 unspecified atom stereocenters. The summed E-state index contributed by atoms with van der Waals surface area (Å²) in [6.07, 6.45) is 2.82. The van der Waals surface area contributed by atoms with Gasteiger partial charge in [-0.1, -0.05) is 31.1 Å². The molecule has 1 aromatic carbocycles. The number of para-hydroxylation sites is 2. The van der Waals surface area contributed by atoms with E-state index in [9.17, 15) is 4.79 Å². The van der Waals surface area contributed by atoms with Crippen LogP contribution in [-0.2, 0) is 0 Å². The number of fused-ring (bicyclic) bond motifs is 2. The fraction of sp³-hybridized carbons (Fsp3) is 0.364. The molecule has 0 fully saturated rings. The van der Waals surface area contributed by atoms with Crippen LogP contribution in [0.5, 0.6) is 0 Å². The summed E-state index contributed by atoms with van der Waals surface area (Å²) in [5, 5.41) is 7.85. The predicted molar refractivity (Wildman–Crippen MR) is 120 cm³/mol. The van der Waals surface area contributed by atoms with E-state index in [0.717, 1.165) is 34.7 Å². The molecule has 0 saturated heterocycles. The Morgan fingerprint density at radius 1 is 1.27 bits per heavy atom. The van der Waals surface area contributed by atoms with Gasteiger partial charge in [0.25, 0.3) is 11.6 Å². The number of aromatic amines is 1. The van der Waals surface area contributed by atoms with E-state index < -0.39 is 0 Å². The van der Waals surface area contributed by atoms with Crippen LogP contribution in [0, 0.1) is 6.92 Å². The summed E-state index contributed by atoms with van der Waals surface area (Å²) >= 11 is 1.74. The lowest BCUT2D eigenvalue weighted by Gasteiger charge is -2.17. The second-order valence-electron chi connectivity index (χ2n) is 7.64. The normalized spacial score (nSPS) is 12.7. The molecular formula is C22H25N5O2S. The highest BCUT2D eigenvalue weighted by Gasteiger charge is 2.24. The van der Waals surface area contributed by atoms with Crippen LogP contribution in [0.2, 0.25) is 0 Å². The summed E-state index contributed by atoms with van der Waals surface area (Å²) in [6.45, 7) is 5.90. The van der Waals surface area contributed by atoms with Gasteiger partial charge >= 0.3 is 0 Å². The number of nitrogens with one attached hydrogen (secondary N) is 2. The lowest BCUT2D eigenvalue weighted by atomic mass is 10.0. The second kappa shape index (κ2) is 8.47. The van der Waals surface area contributed by atoms with E-state index in [0.29, 0.717) is 22.4 Å². The van der Waals surface area contributed by atoms with Crippen LogP contribution in [-0.4, -0.2) is 38.0 Å². The maximum Gasteiger partial charge on any atom is 0.259 e. The number of nitrogens with zero attached hydrogens (tertiary/aromatic N) is 3. The molecule has 0 bridgehead atoms. The number of aromatic nitrogens is 4. The van der Waals surface area contributed by atoms with Gasteiger partial charge in [-0.3, -0.25) is 4.79 Å². The summed E-state index contributed by atoms with van der Waals surface area (Å²) in [4.78, 5) is 26.0. The van der Waals surface area contributed by atoms with Gasteiger partial charge in [-0.2, -0.15) is 11.8 Å².